The molecule has 1 N–H and O–H groups in total. The zero-order chi connectivity index (χ0) is 12.9. The summed E-state index contributed by atoms with van der Waals surface area (Å²) in [6.07, 6.45) is 0.868. The molecule has 0 unspecified atom stereocenters. The molecule has 0 radical (unpaired) electrons. The smallest absolute Gasteiger partial charge is 0.428 e. The van der Waals surface area contributed by atoms with E-state index >= 15 is 0 Å². The highest BCUT2D eigenvalue weighted by molar-refractivity contribution is 6.33. The van der Waals surface area contributed by atoms with Crippen LogP contribution in [0.4, 0.5) is 4.79 Å². The van der Waals surface area contributed by atoms with Crippen LogP contribution >= 0.6 is 11.6 Å². The molecular weight excluding hydrogens is 240 g/mol. The zero-order valence-corrected chi connectivity index (χ0v) is 10.8. The molecule has 0 aliphatic carbocycles. The van der Waals surface area contributed by atoms with Crippen molar-refractivity contribution in [3.8, 4) is 0 Å². The number of nitrogens with zero attached hydrogens (tertiary/aromatic N) is 1. The maximum atomic E-state index is 11.3. The molecule has 0 bridgehead atoms. The molecule has 1 amide bonds. The van der Waals surface area contributed by atoms with Crippen LogP contribution in [0.15, 0.2) is 29.4 Å². The summed E-state index contributed by atoms with van der Waals surface area (Å²) >= 11 is 5.91. The van der Waals surface area contributed by atoms with Crippen molar-refractivity contribution >= 4 is 23.9 Å². The van der Waals surface area contributed by atoms with Crippen molar-refractivity contribution in [2.45, 2.75) is 26.4 Å². The van der Waals surface area contributed by atoms with Gasteiger partial charge < -0.3 is 4.74 Å². The normalized spacial score (nSPS) is 11.5. The van der Waals surface area contributed by atoms with Crippen LogP contribution in [0, 0.1) is 0 Å². The topological polar surface area (TPSA) is 50.7 Å². The van der Waals surface area contributed by atoms with E-state index in [1.54, 1.807) is 32.9 Å². The number of carbonyl (C=O) groups is 1. The van der Waals surface area contributed by atoms with Crippen molar-refractivity contribution in [2.75, 3.05) is 0 Å². The summed E-state index contributed by atoms with van der Waals surface area (Å²) in [4.78, 5) is 11.3. The van der Waals surface area contributed by atoms with Gasteiger partial charge in [0.1, 0.15) is 5.60 Å². The van der Waals surface area contributed by atoms with Crippen LogP contribution in [-0.2, 0) is 4.74 Å². The second-order valence-electron chi connectivity index (χ2n) is 4.39. The standard InChI is InChI=1S/C12H15ClN2O2/c1-12(2,3)17-11(16)15-14-8-9-6-4-5-7-10(9)13/h4-8H,1-3H3,(H,15,16)/b14-8+. The number of amides is 1. The number of rotatable bonds is 2. The predicted molar refractivity (Wildman–Crippen MR) is 68.4 cm³/mol. The number of hydrazone groups is 1. The SMILES string of the molecule is CC(C)(C)OC(=O)N/N=C/c1ccccc1Cl. The quantitative estimate of drug-likeness (QED) is 0.651. The van der Waals surface area contributed by atoms with Gasteiger partial charge in [-0.05, 0) is 26.8 Å². The van der Waals surface area contributed by atoms with Gasteiger partial charge in [0.05, 0.1) is 6.21 Å². The molecule has 0 atom stereocenters. The Morgan fingerprint density at radius 2 is 2.06 bits per heavy atom. The highest BCUT2D eigenvalue weighted by Crippen LogP contribution is 2.12. The van der Waals surface area contributed by atoms with Crippen molar-refractivity contribution in [3.63, 3.8) is 0 Å². The number of hydrogen-bond acceptors (Lipinski definition) is 3. The molecular formula is C12H15ClN2O2. The predicted octanol–water partition coefficient (Wildman–Crippen LogP) is 3.20. The van der Waals surface area contributed by atoms with Gasteiger partial charge in [0, 0.05) is 10.6 Å². The first kappa shape index (κ1) is 13.5. The first-order valence-electron chi connectivity index (χ1n) is 5.15. The van der Waals surface area contributed by atoms with Crippen LogP contribution in [0.3, 0.4) is 0 Å². The molecule has 0 saturated carbocycles. The zero-order valence-electron chi connectivity index (χ0n) is 10.0. The minimum atomic E-state index is -0.596. The van der Waals surface area contributed by atoms with Crippen molar-refractivity contribution < 1.29 is 9.53 Å². The molecule has 4 nitrogen and oxygen atoms in total. The first-order chi connectivity index (χ1) is 7.88. The molecule has 0 aromatic heterocycles. The average Bonchev–Trinajstić information content (AvgIpc) is 2.18. The van der Waals surface area contributed by atoms with Gasteiger partial charge in [-0.3, -0.25) is 0 Å². The lowest BCUT2D eigenvalue weighted by atomic mass is 10.2. The Balaban J connectivity index is 2.51. The summed E-state index contributed by atoms with van der Waals surface area (Å²) in [7, 11) is 0. The Bertz CT molecular complexity index is 425. The summed E-state index contributed by atoms with van der Waals surface area (Å²) in [5, 5.41) is 4.32. The van der Waals surface area contributed by atoms with Crippen LogP contribution in [0.2, 0.25) is 5.02 Å². The molecule has 1 rings (SSSR count). The van der Waals surface area contributed by atoms with Gasteiger partial charge in [-0.25, -0.2) is 10.2 Å². The van der Waals surface area contributed by atoms with Gasteiger partial charge in [0.2, 0.25) is 0 Å². The number of halogens is 1. The van der Waals surface area contributed by atoms with Gasteiger partial charge in [-0.15, -0.1) is 0 Å². The summed E-state index contributed by atoms with van der Waals surface area (Å²) in [6.45, 7) is 5.35. The monoisotopic (exact) mass is 254 g/mol. The maximum Gasteiger partial charge on any atom is 0.428 e. The minimum Gasteiger partial charge on any atom is -0.443 e. The van der Waals surface area contributed by atoms with Crippen molar-refractivity contribution in [2.24, 2.45) is 5.10 Å². The Morgan fingerprint density at radius 3 is 2.65 bits per heavy atom. The highest BCUT2D eigenvalue weighted by atomic mass is 35.5. The van der Waals surface area contributed by atoms with E-state index in [4.69, 9.17) is 16.3 Å². The van der Waals surface area contributed by atoms with E-state index in [1.807, 2.05) is 12.1 Å². The fourth-order valence-electron chi connectivity index (χ4n) is 1.04. The van der Waals surface area contributed by atoms with Crippen molar-refractivity contribution in [3.05, 3.63) is 34.9 Å². The highest BCUT2D eigenvalue weighted by Gasteiger charge is 2.15. The van der Waals surface area contributed by atoms with E-state index in [-0.39, 0.29) is 0 Å². The molecule has 0 aliphatic heterocycles. The number of ether oxygens (including phenoxy) is 1. The van der Waals surface area contributed by atoms with Gasteiger partial charge in [0.15, 0.2) is 0 Å². The number of nitrogens with one attached hydrogen (secondary N) is 1. The van der Waals surface area contributed by atoms with Crippen LogP contribution in [0.5, 0.6) is 0 Å². The van der Waals surface area contributed by atoms with Crippen LogP contribution in [0.25, 0.3) is 0 Å². The maximum absolute atomic E-state index is 11.3. The van der Waals surface area contributed by atoms with Gasteiger partial charge >= 0.3 is 6.09 Å². The van der Waals surface area contributed by atoms with E-state index in [1.165, 1.54) is 6.21 Å². The first-order valence-corrected chi connectivity index (χ1v) is 5.53. The fourth-order valence-corrected chi connectivity index (χ4v) is 1.22. The summed E-state index contributed by atoms with van der Waals surface area (Å²) in [5.74, 6) is 0. The number of hydrogen-bond donors (Lipinski definition) is 1. The lowest BCUT2D eigenvalue weighted by molar-refractivity contribution is 0.0529. The lowest BCUT2D eigenvalue weighted by Gasteiger charge is -2.18. The molecule has 17 heavy (non-hydrogen) atoms. The van der Waals surface area contributed by atoms with Gasteiger partial charge in [-0.2, -0.15) is 5.10 Å². The molecule has 5 heteroatoms. The molecule has 1 aromatic carbocycles. The third-order valence-corrected chi connectivity index (χ3v) is 2.01. The van der Waals surface area contributed by atoms with Gasteiger partial charge in [0.25, 0.3) is 0 Å². The number of carbonyl (C=O) groups excluding carboxylic acids is 1. The minimum absolute atomic E-state index is 0.538. The molecule has 0 heterocycles. The lowest BCUT2D eigenvalue weighted by Crippen LogP contribution is -2.29. The third kappa shape index (κ3) is 5.36. The number of benzene rings is 1. The van der Waals surface area contributed by atoms with E-state index in [9.17, 15) is 4.79 Å². The van der Waals surface area contributed by atoms with Crippen molar-refractivity contribution in [1.29, 1.82) is 0 Å². The molecule has 0 spiro atoms. The van der Waals surface area contributed by atoms with E-state index in [0.717, 1.165) is 5.56 Å². The summed E-state index contributed by atoms with van der Waals surface area (Å²) < 4.78 is 5.01. The molecule has 0 aliphatic rings. The summed E-state index contributed by atoms with van der Waals surface area (Å²) in [6, 6.07) is 7.20. The Hall–Kier alpha value is -1.55. The van der Waals surface area contributed by atoms with E-state index in [2.05, 4.69) is 10.5 Å². The van der Waals surface area contributed by atoms with Gasteiger partial charge in [-0.1, -0.05) is 29.8 Å². The average molecular weight is 255 g/mol. The van der Waals surface area contributed by atoms with E-state index in [0.29, 0.717) is 5.02 Å². The molecule has 0 saturated heterocycles. The Morgan fingerprint density at radius 1 is 1.41 bits per heavy atom. The van der Waals surface area contributed by atoms with Crippen LogP contribution in [-0.4, -0.2) is 17.9 Å². The molecule has 0 fully saturated rings. The van der Waals surface area contributed by atoms with Crippen molar-refractivity contribution in [1.82, 2.24) is 5.43 Å². The fraction of sp³-hybridized carbons (Fsp3) is 0.333. The third-order valence-electron chi connectivity index (χ3n) is 1.66. The summed E-state index contributed by atoms with van der Waals surface area (Å²) in [5.41, 5.74) is 2.45. The second kappa shape index (κ2) is 5.68. The molecule has 92 valence electrons. The van der Waals surface area contributed by atoms with Crippen LogP contribution < -0.4 is 5.43 Å². The van der Waals surface area contributed by atoms with E-state index < -0.39 is 11.7 Å². The second-order valence-corrected chi connectivity index (χ2v) is 4.80. The largest absolute Gasteiger partial charge is 0.443 e. The Labute approximate surface area is 106 Å². The van der Waals surface area contributed by atoms with Crippen LogP contribution in [0.1, 0.15) is 26.3 Å². The molecule has 1 aromatic rings. The Kier molecular flexibility index (Phi) is 4.52.